The van der Waals surface area contributed by atoms with Crippen LogP contribution in [0.3, 0.4) is 0 Å². The molecule has 0 aliphatic carbocycles. The van der Waals surface area contributed by atoms with Gasteiger partial charge in [-0.15, -0.1) is 0 Å². The Balaban J connectivity index is 1.98. The molecule has 0 spiro atoms. The maximum Gasteiger partial charge on any atom is 0.280 e. The van der Waals surface area contributed by atoms with Gasteiger partial charge in [0.1, 0.15) is 12.4 Å². The quantitative estimate of drug-likeness (QED) is 0.858. The molecule has 0 saturated carbocycles. The van der Waals surface area contributed by atoms with Crippen molar-refractivity contribution in [2.24, 2.45) is 0 Å². The second-order valence-corrected chi connectivity index (χ2v) is 5.66. The summed E-state index contributed by atoms with van der Waals surface area (Å²) >= 11 is 6.29. The van der Waals surface area contributed by atoms with Crippen molar-refractivity contribution in [3.63, 3.8) is 0 Å². The number of aromatic nitrogens is 1. The van der Waals surface area contributed by atoms with Crippen LogP contribution < -0.4 is 9.64 Å². The van der Waals surface area contributed by atoms with Crippen molar-refractivity contribution in [3.8, 4) is 5.75 Å². The van der Waals surface area contributed by atoms with E-state index in [1.165, 1.54) is 0 Å². The number of rotatable bonds is 4. The monoisotopic (exact) mass is 336 g/mol. The second kappa shape index (κ2) is 6.60. The number of halogens is 1. The van der Waals surface area contributed by atoms with E-state index >= 15 is 0 Å². The van der Waals surface area contributed by atoms with Gasteiger partial charge in [0.05, 0.1) is 12.8 Å². The summed E-state index contributed by atoms with van der Waals surface area (Å²) in [4.78, 5) is 14.5. The van der Waals surface area contributed by atoms with Gasteiger partial charge in [-0.2, -0.15) is 0 Å². The Bertz CT molecular complexity index is 729. The third kappa shape index (κ3) is 2.92. The lowest BCUT2D eigenvalue weighted by molar-refractivity contribution is 0.0975. The van der Waals surface area contributed by atoms with Crippen molar-refractivity contribution in [1.82, 2.24) is 5.16 Å². The zero-order valence-electron chi connectivity index (χ0n) is 13.0. The molecule has 0 atom stereocenters. The molecule has 0 fully saturated rings. The number of hydrogen-bond acceptors (Lipinski definition) is 5. The molecule has 6 nitrogen and oxygen atoms in total. The number of methoxy groups -OCH3 is 2. The molecule has 0 saturated heterocycles. The Labute approximate surface area is 138 Å². The lowest BCUT2D eigenvalue weighted by Gasteiger charge is -2.30. The smallest absolute Gasteiger partial charge is 0.280 e. The van der Waals surface area contributed by atoms with Crippen molar-refractivity contribution in [2.45, 2.75) is 19.4 Å². The maximum atomic E-state index is 12.8. The van der Waals surface area contributed by atoms with Gasteiger partial charge in [0.15, 0.2) is 11.5 Å². The molecule has 122 valence electrons. The van der Waals surface area contributed by atoms with Gasteiger partial charge in [-0.25, -0.2) is 0 Å². The van der Waals surface area contributed by atoms with Crippen LogP contribution in [0.25, 0.3) is 0 Å². The van der Waals surface area contributed by atoms with Gasteiger partial charge in [0, 0.05) is 24.7 Å². The topological polar surface area (TPSA) is 64.8 Å². The molecule has 0 radical (unpaired) electrons. The van der Waals surface area contributed by atoms with Crippen molar-refractivity contribution in [2.75, 3.05) is 25.7 Å². The Kier molecular flexibility index (Phi) is 4.54. The summed E-state index contributed by atoms with van der Waals surface area (Å²) in [6.45, 7) is 0.848. The zero-order chi connectivity index (χ0) is 16.4. The number of anilines is 1. The van der Waals surface area contributed by atoms with Gasteiger partial charge in [0.25, 0.3) is 5.91 Å². The van der Waals surface area contributed by atoms with Crippen LogP contribution in [0.15, 0.2) is 22.7 Å². The summed E-state index contributed by atoms with van der Waals surface area (Å²) in [7, 11) is 3.13. The Morgan fingerprint density at radius 1 is 1.43 bits per heavy atom. The second-order valence-electron chi connectivity index (χ2n) is 5.25. The number of nitrogens with zero attached hydrogens (tertiary/aromatic N) is 2. The van der Waals surface area contributed by atoms with Gasteiger partial charge in [-0.3, -0.25) is 4.79 Å². The molecule has 2 aromatic rings. The number of benzene rings is 1. The van der Waals surface area contributed by atoms with E-state index in [0.29, 0.717) is 28.8 Å². The summed E-state index contributed by atoms with van der Waals surface area (Å²) in [5.74, 6) is 0.891. The summed E-state index contributed by atoms with van der Waals surface area (Å²) in [5.41, 5.74) is 1.88. The molecule has 0 bridgehead atoms. The Morgan fingerprint density at radius 3 is 3.00 bits per heavy atom. The molecule has 1 aliphatic heterocycles. The van der Waals surface area contributed by atoms with E-state index in [2.05, 4.69) is 5.16 Å². The van der Waals surface area contributed by atoms with Gasteiger partial charge in [-0.1, -0.05) is 16.8 Å². The molecule has 3 rings (SSSR count). The van der Waals surface area contributed by atoms with Gasteiger partial charge in [0.2, 0.25) is 0 Å². The molecule has 0 unspecified atom stereocenters. The predicted octanol–water partition coefficient (Wildman–Crippen LogP) is 3.08. The van der Waals surface area contributed by atoms with Crippen molar-refractivity contribution >= 4 is 23.2 Å². The van der Waals surface area contributed by atoms with E-state index < -0.39 is 0 Å². The van der Waals surface area contributed by atoms with Crippen LogP contribution in [-0.4, -0.2) is 31.8 Å². The molecule has 1 amide bonds. The van der Waals surface area contributed by atoms with E-state index in [-0.39, 0.29) is 18.2 Å². The van der Waals surface area contributed by atoms with Gasteiger partial charge in [-0.05, 0) is 30.5 Å². The number of hydrogen-bond donors (Lipinski definition) is 0. The molecular formula is C16H17ClN2O4. The molecule has 23 heavy (non-hydrogen) atoms. The Hall–Kier alpha value is -2.05. The highest BCUT2D eigenvalue weighted by Gasteiger charge is 2.30. The number of ether oxygens (including phenoxy) is 2. The third-order valence-corrected chi connectivity index (χ3v) is 4.15. The van der Waals surface area contributed by atoms with E-state index in [4.69, 9.17) is 25.6 Å². The highest BCUT2D eigenvalue weighted by Crippen LogP contribution is 2.40. The van der Waals surface area contributed by atoms with Crippen LogP contribution in [0, 0.1) is 0 Å². The summed E-state index contributed by atoms with van der Waals surface area (Å²) < 4.78 is 15.5. The first kappa shape index (κ1) is 15.8. The normalized spacial score (nSPS) is 13.8. The fourth-order valence-electron chi connectivity index (χ4n) is 2.78. The predicted molar refractivity (Wildman–Crippen MR) is 85.2 cm³/mol. The SMILES string of the molecule is COCc1cc(C(=O)N2CCCc3c(Cl)ccc(OC)c32)no1. The third-order valence-electron chi connectivity index (χ3n) is 3.80. The van der Waals surface area contributed by atoms with E-state index in [0.717, 1.165) is 18.4 Å². The largest absolute Gasteiger partial charge is 0.495 e. The molecule has 7 heteroatoms. The molecule has 2 heterocycles. The van der Waals surface area contributed by atoms with Crippen LogP contribution in [0.4, 0.5) is 5.69 Å². The van der Waals surface area contributed by atoms with Crippen LogP contribution in [-0.2, 0) is 17.8 Å². The average Bonchev–Trinajstić information content (AvgIpc) is 3.03. The first-order valence-corrected chi connectivity index (χ1v) is 7.65. The lowest BCUT2D eigenvalue weighted by Crippen LogP contribution is -2.36. The van der Waals surface area contributed by atoms with Crippen molar-refractivity contribution in [1.29, 1.82) is 0 Å². The van der Waals surface area contributed by atoms with Crippen LogP contribution in [0.1, 0.15) is 28.2 Å². The molecular weight excluding hydrogens is 320 g/mol. The molecule has 1 aliphatic rings. The fourth-order valence-corrected chi connectivity index (χ4v) is 3.03. The minimum atomic E-state index is -0.238. The van der Waals surface area contributed by atoms with E-state index in [1.807, 2.05) is 0 Å². The zero-order valence-corrected chi connectivity index (χ0v) is 13.7. The Morgan fingerprint density at radius 2 is 2.26 bits per heavy atom. The minimum absolute atomic E-state index is 0.238. The molecule has 1 aromatic heterocycles. The number of amides is 1. The van der Waals surface area contributed by atoms with Crippen LogP contribution in [0.5, 0.6) is 5.75 Å². The molecule has 0 N–H and O–H groups in total. The first-order valence-electron chi connectivity index (χ1n) is 7.27. The number of carbonyl (C=O) groups is 1. The molecule has 1 aromatic carbocycles. The van der Waals surface area contributed by atoms with Gasteiger partial charge >= 0.3 is 0 Å². The summed E-state index contributed by atoms with van der Waals surface area (Å²) in [6, 6.07) is 5.16. The van der Waals surface area contributed by atoms with E-state index in [1.54, 1.807) is 37.3 Å². The average molecular weight is 337 g/mol. The first-order chi connectivity index (χ1) is 11.2. The van der Waals surface area contributed by atoms with Crippen LogP contribution >= 0.6 is 11.6 Å². The summed E-state index contributed by atoms with van der Waals surface area (Å²) in [5, 5.41) is 4.48. The van der Waals surface area contributed by atoms with Crippen molar-refractivity contribution < 1.29 is 18.8 Å². The highest BCUT2D eigenvalue weighted by molar-refractivity contribution is 6.32. The van der Waals surface area contributed by atoms with Crippen molar-refractivity contribution in [3.05, 3.63) is 40.2 Å². The van der Waals surface area contributed by atoms with Gasteiger partial charge < -0.3 is 18.9 Å². The maximum absolute atomic E-state index is 12.8. The highest BCUT2D eigenvalue weighted by atomic mass is 35.5. The minimum Gasteiger partial charge on any atom is -0.495 e. The lowest BCUT2D eigenvalue weighted by atomic mass is 10.0. The van der Waals surface area contributed by atoms with Crippen LogP contribution in [0.2, 0.25) is 5.02 Å². The number of fused-ring (bicyclic) bond motifs is 1. The van der Waals surface area contributed by atoms with E-state index in [9.17, 15) is 4.79 Å². The fraction of sp³-hybridized carbons (Fsp3) is 0.375. The standard InChI is InChI=1S/C16H17ClN2O4/c1-21-9-10-8-13(18-23-10)16(20)19-7-3-4-11-12(17)5-6-14(22-2)15(11)19/h5-6,8H,3-4,7,9H2,1-2H3. The summed E-state index contributed by atoms with van der Waals surface area (Å²) in [6.07, 6.45) is 1.64. The number of carbonyl (C=O) groups excluding carboxylic acids is 1.